The van der Waals surface area contributed by atoms with Gasteiger partial charge in [0.05, 0.1) is 13.2 Å². The van der Waals surface area contributed by atoms with Crippen LogP contribution in [0.4, 0.5) is 4.39 Å². The standard InChI is InChI=1S/C18H26FN3OS.HI/c1-20-18(21-8-5-14-6-9-23-10-7-14)22-12-15-3-4-17(19)11-16(15)13-24-2;/h3-4,6,11H,5,7-10,12-13H2,1-2H3,(H2,20,21,22);1H. The summed E-state index contributed by atoms with van der Waals surface area (Å²) in [6.45, 7) is 3.02. The molecule has 2 rings (SSSR count). The SMILES string of the molecule is CN=C(NCCC1=CCOCC1)NCc1ccc(F)cc1CSC.I. The average molecular weight is 479 g/mol. The summed E-state index contributed by atoms with van der Waals surface area (Å²) < 4.78 is 18.7. The molecule has 1 aromatic rings. The van der Waals surface area contributed by atoms with Crippen molar-refractivity contribution in [1.29, 1.82) is 0 Å². The van der Waals surface area contributed by atoms with Crippen molar-refractivity contribution in [2.24, 2.45) is 4.99 Å². The predicted molar refractivity (Wildman–Crippen MR) is 115 cm³/mol. The Kier molecular flexibility index (Phi) is 11.2. The van der Waals surface area contributed by atoms with E-state index < -0.39 is 0 Å². The van der Waals surface area contributed by atoms with Gasteiger partial charge in [-0.2, -0.15) is 11.8 Å². The van der Waals surface area contributed by atoms with Gasteiger partial charge in [-0.25, -0.2) is 4.39 Å². The molecule has 4 nitrogen and oxygen atoms in total. The first-order valence-corrected chi connectivity index (χ1v) is 9.58. The summed E-state index contributed by atoms with van der Waals surface area (Å²) >= 11 is 1.69. The Hall–Kier alpha value is -0.800. The number of guanidine groups is 1. The fourth-order valence-electron chi connectivity index (χ4n) is 2.59. The molecular formula is C18H27FIN3OS. The van der Waals surface area contributed by atoms with Crippen LogP contribution in [-0.2, 0) is 17.0 Å². The zero-order chi connectivity index (χ0) is 17.2. The fraction of sp³-hybridized carbons (Fsp3) is 0.500. The summed E-state index contributed by atoms with van der Waals surface area (Å²) in [6, 6.07) is 4.96. The Balaban J connectivity index is 0.00000312. The number of rotatable bonds is 7. The van der Waals surface area contributed by atoms with Gasteiger partial charge in [-0.05, 0) is 42.4 Å². The molecule has 2 N–H and O–H groups in total. The maximum Gasteiger partial charge on any atom is 0.191 e. The van der Waals surface area contributed by atoms with E-state index in [9.17, 15) is 4.39 Å². The third-order valence-corrected chi connectivity index (χ3v) is 4.53. The van der Waals surface area contributed by atoms with Crippen LogP contribution in [0.1, 0.15) is 24.0 Å². The quantitative estimate of drug-likeness (QED) is 0.271. The van der Waals surface area contributed by atoms with Crippen molar-refractivity contribution in [3.63, 3.8) is 0 Å². The van der Waals surface area contributed by atoms with Crippen molar-refractivity contribution >= 4 is 41.7 Å². The Morgan fingerprint density at radius 2 is 2.16 bits per heavy atom. The largest absolute Gasteiger partial charge is 0.377 e. The van der Waals surface area contributed by atoms with Crippen LogP contribution < -0.4 is 10.6 Å². The first-order chi connectivity index (χ1) is 11.7. The van der Waals surface area contributed by atoms with Gasteiger partial charge in [0.25, 0.3) is 0 Å². The molecule has 0 aromatic heterocycles. The van der Waals surface area contributed by atoms with Gasteiger partial charge in [-0.1, -0.05) is 17.7 Å². The number of aliphatic imine (C=N–C) groups is 1. The molecule has 0 atom stereocenters. The Labute approximate surface area is 171 Å². The van der Waals surface area contributed by atoms with Crippen LogP contribution >= 0.6 is 35.7 Å². The second-order valence-electron chi connectivity index (χ2n) is 5.64. The van der Waals surface area contributed by atoms with Crippen molar-refractivity contribution in [2.45, 2.75) is 25.1 Å². The summed E-state index contributed by atoms with van der Waals surface area (Å²) in [7, 11) is 1.76. The highest BCUT2D eigenvalue weighted by atomic mass is 127. The summed E-state index contributed by atoms with van der Waals surface area (Å²) in [5.74, 6) is 1.38. The number of ether oxygens (including phenoxy) is 1. The van der Waals surface area contributed by atoms with Gasteiger partial charge in [-0.3, -0.25) is 4.99 Å². The number of benzene rings is 1. The smallest absolute Gasteiger partial charge is 0.191 e. The Bertz CT molecular complexity index is 596. The second-order valence-corrected chi connectivity index (χ2v) is 6.50. The van der Waals surface area contributed by atoms with Crippen molar-refractivity contribution < 1.29 is 9.13 Å². The first-order valence-electron chi connectivity index (χ1n) is 8.19. The minimum absolute atomic E-state index is 0. The van der Waals surface area contributed by atoms with Crippen molar-refractivity contribution in [3.05, 3.63) is 46.8 Å². The van der Waals surface area contributed by atoms with Crippen LogP contribution in [0, 0.1) is 5.82 Å². The molecule has 25 heavy (non-hydrogen) atoms. The molecule has 1 heterocycles. The van der Waals surface area contributed by atoms with Crippen LogP contribution in [0.5, 0.6) is 0 Å². The highest BCUT2D eigenvalue weighted by molar-refractivity contribution is 14.0. The molecule has 1 aliphatic heterocycles. The molecule has 7 heteroatoms. The van der Waals surface area contributed by atoms with Gasteiger partial charge >= 0.3 is 0 Å². The fourth-order valence-corrected chi connectivity index (χ4v) is 3.17. The normalized spacial score (nSPS) is 14.5. The Morgan fingerprint density at radius 3 is 2.84 bits per heavy atom. The van der Waals surface area contributed by atoms with Gasteiger partial charge < -0.3 is 15.4 Å². The molecule has 0 radical (unpaired) electrons. The first kappa shape index (κ1) is 22.2. The lowest BCUT2D eigenvalue weighted by molar-refractivity contribution is 0.153. The van der Waals surface area contributed by atoms with Crippen LogP contribution in [0.15, 0.2) is 34.8 Å². The molecule has 0 amide bonds. The topological polar surface area (TPSA) is 45.7 Å². The zero-order valence-corrected chi connectivity index (χ0v) is 18.0. The van der Waals surface area contributed by atoms with E-state index in [1.54, 1.807) is 24.9 Å². The number of thioether (sulfide) groups is 1. The summed E-state index contributed by atoms with van der Waals surface area (Å²) in [4.78, 5) is 4.25. The summed E-state index contributed by atoms with van der Waals surface area (Å²) in [6.07, 6.45) is 6.20. The van der Waals surface area contributed by atoms with E-state index in [1.165, 1.54) is 11.6 Å². The molecule has 0 spiro atoms. The maximum absolute atomic E-state index is 13.4. The van der Waals surface area contributed by atoms with Crippen molar-refractivity contribution in [1.82, 2.24) is 10.6 Å². The number of nitrogens with zero attached hydrogens (tertiary/aromatic N) is 1. The van der Waals surface area contributed by atoms with Gasteiger partial charge in [0.15, 0.2) is 5.96 Å². The Morgan fingerprint density at radius 1 is 1.32 bits per heavy atom. The molecular weight excluding hydrogens is 452 g/mol. The van der Waals surface area contributed by atoms with Gasteiger partial charge in [-0.15, -0.1) is 24.0 Å². The number of hydrogen-bond acceptors (Lipinski definition) is 3. The summed E-state index contributed by atoms with van der Waals surface area (Å²) in [5, 5.41) is 6.63. The van der Waals surface area contributed by atoms with E-state index in [2.05, 4.69) is 21.7 Å². The molecule has 0 saturated heterocycles. The molecule has 0 fully saturated rings. The van der Waals surface area contributed by atoms with Gasteiger partial charge in [0.2, 0.25) is 0 Å². The maximum atomic E-state index is 13.4. The third-order valence-electron chi connectivity index (χ3n) is 3.93. The molecule has 140 valence electrons. The lowest BCUT2D eigenvalue weighted by Gasteiger charge is -2.16. The molecule has 0 saturated carbocycles. The minimum atomic E-state index is -0.185. The lowest BCUT2D eigenvalue weighted by Crippen LogP contribution is -2.37. The number of hydrogen-bond donors (Lipinski definition) is 2. The predicted octanol–water partition coefficient (Wildman–Crippen LogP) is 3.71. The molecule has 1 aliphatic rings. The second kappa shape index (κ2) is 12.5. The number of halogens is 2. The van der Waals surface area contributed by atoms with Crippen LogP contribution in [0.25, 0.3) is 0 Å². The summed E-state index contributed by atoms with van der Waals surface area (Å²) in [5.41, 5.74) is 3.56. The van der Waals surface area contributed by atoms with E-state index in [1.807, 2.05) is 12.3 Å². The van der Waals surface area contributed by atoms with Crippen molar-refractivity contribution in [2.75, 3.05) is 33.1 Å². The minimum Gasteiger partial charge on any atom is -0.377 e. The molecule has 0 bridgehead atoms. The monoisotopic (exact) mass is 479 g/mol. The number of nitrogens with one attached hydrogen (secondary N) is 2. The van der Waals surface area contributed by atoms with E-state index >= 15 is 0 Å². The van der Waals surface area contributed by atoms with E-state index in [-0.39, 0.29) is 29.8 Å². The molecule has 0 aliphatic carbocycles. The van der Waals surface area contributed by atoms with Crippen molar-refractivity contribution in [3.8, 4) is 0 Å². The van der Waals surface area contributed by atoms with E-state index in [4.69, 9.17) is 4.74 Å². The molecule has 0 unspecified atom stereocenters. The highest BCUT2D eigenvalue weighted by Gasteiger charge is 2.07. The van der Waals surface area contributed by atoms with Gasteiger partial charge in [0.1, 0.15) is 5.82 Å². The zero-order valence-electron chi connectivity index (χ0n) is 14.8. The lowest BCUT2D eigenvalue weighted by atomic mass is 10.1. The molecule has 1 aromatic carbocycles. The van der Waals surface area contributed by atoms with Crippen LogP contribution in [-0.4, -0.2) is 39.0 Å². The average Bonchev–Trinajstić information content (AvgIpc) is 2.60. The van der Waals surface area contributed by atoms with Crippen LogP contribution in [0.3, 0.4) is 0 Å². The van der Waals surface area contributed by atoms with Gasteiger partial charge in [0, 0.05) is 25.9 Å². The third kappa shape index (κ3) is 7.96. The van der Waals surface area contributed by atoms with E-state index in [0.29, 0.717) is 6.54 Å². The highest BCUT2D eigenvalue weighted by Crippen LogP contribution is 2.16. The van der Waals surface area contributed by atoms with E-state index in [0.717, 1.165) is 55.4 Å². The van der Waals surface area contributed by atoms with Crippen LogP contribution in [0.2, 0.25) is 0 Å².